The first-order chi connectivity index (χ1) is 16.7. The lowest BCUT2D eigenvalue weighted by atomic mass is 9.89. The van der Waals surface area contributed by atoms with E-state index in [0.717, 1.165) is 24.1 Å². The molecule has 1 unspecified atom stereocenters. The van der Waals surface area contributed by atoms with Gasteiger partial charge in [-0.05, 0) is 55.8 Å². The topological polar surface area (TPSA) is 133 Å². The minimum atomic E-state index is 0.0981. The molecule has 2 heterocycles. The van der Waals surface area contributed by atoms with Gasteiger partial charge in [-0.2, -0.15) is 5.10 Å². The summed E-state index contributed by atoms with van der Waals surface area (Å²) in [5.41, 5.74) is 17.7. The Balaban J connectivity index is 0.000000398. The number of benzene rings is 1. The van der Waals surface area contributed by atoms with Gasteiger partial charge in [-0.15, -0.1) is 0 Å². The predicted molar refractivity (Wildman–Crippen MR) is 139 cm³/mol. The number of pyridine rings is 1. The number of nitrogens with zero attached hydrogens (tertiary/aromatic N) is 3. The Morgan fingerprint density at radius 2 is 1.65 bits per heavy atom. The van der Waals surface area contributed by atoms with Gasteiger partial charge >= 0.3 is 0 Å². The molecule has 0 saturated heterocycles. The molecule has 8 heteroatoms. The Kier molecular flexibility index (Phi) is 8.38. The first kappa shape index (κ1) is 24.0. The summed E-state index contributed by atoms with van der Waals surface area (Å²) in [6.45, 7) is 0.928. The molecule has 182 valence electrons. The summed E-state index contributed by atoms with van der Waals surface area (Å²) in [6.07, 6.45) is 14.0. The largest absolute Gasteiger partial charge is 0.395 e. The van der Waals surface area contributed by atoms with Crippen LogP contribution in [0.25, 0.3) is 0 Å². The zero-order valence-corrected chi connectivity index (χ0v) is 19.9. The number of nitrogens with two attached hydrogens (primary N) is 3. The van der Waals surface area contributed by atoms with E-state index in [1.807, 2.05) is 48.7 Å². The third kappa shape index (κ3) is 6.48. The van der Waals surface area contributed by atoms with E-state index in [1.165, 1.54) is 44.9 Å². The fourth-order valence-corrected chi connectivity index (χ4v) is 4.69. The van der Waals surface area contributed by atoms with Gasteiger partial charge in [0.05, 0.1) is 17.9 Å². The zero-order valence-electron chi connectivity index (χ0n) is 19.9. The number of nitrogen functional groups attached to an aromatic ring is 3. The Morgan fingerprint density at radius 1 is 0.971 bits per heavy atom. The van der Waals surface area contributed by atoms with Crippen LogP contribution < -0.4 is 28.1 Å². The van der Waals surface area contributed by atoms with Gasteiger partial charge in [-0.25, -0.2) is 10.8 Å². The lowest BCUT2D eigenvalue weighted by molar-refractivity contribution is 0.370. The van der Waals surface area contributed by atoms with Gasteiger partial charge in [0, 0.05) is 18.2 Å². The van der Waals surface area contributed by atoms with E-state index >= 15 is 0 Å². The number of rotatable bonds is 8. The normalized spacial score (nSPS) is 17.0. The molecule has 2 aliphatic rings. The molecule has 2 aliphatic carbocycles. The molecule has 5 rings (SSSR count). The molecule has 8 N–H and O–H groups in total. The fraction of sp³-hybridized carbons (Fsp3) is 0.462. The fourth-order valence-electron chi connectivity index (χ4n) is 4.69. The Morgan fingerprint density at radius 3 is 2.26 bits per heavy atom. The van der Waals surface area contributed by atoms with Gasteiger partial charge < -0.3 is 22.2 Å². The minimum Gasteiger partial charge on any atom is -0.395 e. The maximum atomic E-state index is 6.39. The molecular weight excluding hydrogens is 424 g/mol. The van der Waals surface area contributed by atoms with Crippen LogP contribution in [-0.2, 0) is 0 Å². The molecule has 34 heavy (non-hydrogen) atoms. The highest BCUT2D eigenvalue weighted by Gasteiger charge is 2.27. The van der Waals surface area contributed by atoms with Crippen molar-refractivity contribution in [3.63, 3.8) is 0 Å². The summed E-state index contributed by atoms with van der Waals surface area (Å²) in [5, 5.41) is 8.33. The molecule has 2 fully saturated rings. The van der Waals surface area contributed by atoms with Crippen LogP contribution in [0.3, 0.4) is 0 Å². The van der Waals surface area contributed by atoms with Crippen molar-refractivity contribution in [2.45, 2.75) is 69.4 Å². The summed E-state index contributed by atoms with van der Waals surface area (Å²) in [6, 6.07) is 15.1. The van der Waals surface area contributed by atoms with Crippen LogP contribution in [-0.4, -0.2) is 27.4 Å². The molecule has 2 saturated carbocycles. The van der Waals surface area contributed by atoms with Crippen molar-refractivity contribution < 1.29 is 0 Å². The highest BCUT2D eigenvalue weighted by molar-refractivity contribution is 5.70. The second-order valence-corrected chi connectivity index (χ2v) is 9.31. The van der Waals surface area contributed by atoms with Crippen LogP contribution in [0.5, 0.6) is 0 Å². The second-order valence-electron chi connectivity index (χ2n) is 9.31. The van der Waals surface area contributed by atoms with Gasteiger partial charge in [-0.3, -0.25) is 4.68 Å². The first-order valence-corrected chi connectivity index (χ1v) is 12.5. The van der Waals surface area contributed by atoms with E-state index in [9.17, 15) is 0 Å². The average molecular weight is 463 g/mol. The number of nitrogens with one attached hydrogen (secondary N) is 2. The van der Waals surface area contributed by atoms with Crippen molar-refractivity contribution >= 4 is 17.3 Å². The van der Waals surface area contributed by atoms with E-state index in [0.29, 0.717) is 29.4 Å². The smallest absolute Gasteiger partial charge is 0.165 e. The highest BCUT2D eigenvalue weighted by Crippen LogP contribution is 2.38. The van der Waals surface area contributed by atoms with Crippen LogP contribution in [0.15, 0.2) is 54.9 Å². The standard InChI is InChI=1S/C20H32N8.C6H6/c21-18-10-17(19(22)20(26-18)27-23)16(8-9-24-14-4-2-1-3-5-14)13-11-25-28(12-13)15-6-7-15;1-2-4-6-5-3-1/h10-12,14-16,24H,1-9,22-23H2,(H3,21,26,27);1-6H. The van der Waals surface area contributed by atoms with E-state index in [4.69, 9.17) is 17.3 Å². The van der Waals surface area contributed by atoms with Crippen molar-refractivity contribution in [1.29, 1.82) is 0 Å². The lowest BCUT2D eigenvalue weighted by Gasteiger charge is -2.25. The monoisotopic (exact) mass is 462 g/mol. The zero-order chi connectivity index (χ0) is 23.8. The van der Waals surface area contributed by atoms with Crippen molar-refractivity contribution in [2.24, 2.45) is 5.84 Å². The van der Waals surface area contributed by atoms with Gasteiger partial charge in [-0.1, -0.05) is 55.7 Å². The van der Waals surface area contributed by atoms with Gasteiger partial charge in [0.15, 0.2) is 5.82 Å². The summed E-state index contributed by atoms with van der Waals surface area (Å²) < 4.78 is 2.08. The van der Waals surface area contributed by atoms with Crippen LogP contribution in [0, 0.1) is 0 Å². The molecule has 0 amide bonds. The number of hydrogen-bond donors (Lipinski definition) is 5. The number of hydrogen-bond acceptors (Lipinski definition) is 7. The summed E-state index contributed by atoms with van der Waals surface area (Å²) in [4.78, 5) is 4.21. The molecule has 1 atom stereocenters. The third-order valence-electron chi connectivity index (χ3n) is 6.71. The Labute approximate surface area is 202 Å². The van der Waals surface area contributed by atoms with Gasteiger partial charge in [0.2, 0.25) is 0 Å². The van der Waals surface area contributed by atoms with E-state index in [1.54, 1.807) is 0 Å². The quantitative estimate of drug-likeness (QED) is 0.250. The molecular formula is C26H38N8. The summed E-state index contributed by atoms with van der Waals surface area (Å²) in [7, 11) is 0. The molecule has 0 aliphatic heterocycles. The van der Waals surface area contributed by atoms with E-state index < -0.39 is 0 Å². The minimum absolute atomic E-state index is 0.0981. The van der Waals surface area contributed by atoms with Crippen molar-refractivity contribution in [1.82, 2.24) is 20.1 Å². The van der Waals surface area contributed by atoms with Crippen LogP contribution >= 0.6 is 0 Å². The molecule has 8 nitrogen and oxygen atoms in total. The van der Waals surface area contributed by atoms with Crippen molar-refractivity contribution in [3.05, 3.63) is 66.0 Å². The molecule has 0 bridgehead atoms. The number of hydrazine groups is 1. The van der Waals surface area contributed by atoms with Gasteiger partial charge in [0.25, 0.3) is 0 Å². The first-order valence-electron chi connectivity index (χ1n) is 12.5. The molecule has 2 aromatic heterocycles. The average Bonchev–Trinajstić information content (AvgIpc) is 3.62. The second kappa shape index (κ2) is 11.9. The van der Waals surface area contributed by atoms with E-state index in [2.05, 4.69) is 31.7 Å². The van der Waals surface area contributed by atoms with Crippen molar-refractivity contribution in [3.8, 4) is 0 Å². The maximum absolute atomic E-state index is 6.39. The van der Waals surface area contributed by atoms with E-state index in [-0.39, 0.29) is 5.92 Å². The highest BCUT2D eigenvalue weighted by atomic mass is 15.3. The van der Waals surface area contributed by atoms with Crippen LogP contribution in [0.2, 0.25) is 0 Å². The molecule has 3 aromatic rings. The lowest BCUT2D eigenvalue weighted by Crippen LogP contribution is -2.32. The van der Waals surface area contributed by atoms with Crippen LogP contribution in [0.1, 0.15) is 74.5 Å². The molecule has 0 spiro atoms. The Hall–Kier alpha value is -3.10. The molecule has 0 radical (unpaired) electrons. The third-order valence-corrected chi connectivity index (χ3v) is 6.71. The SMILES string of the molecule is NNc1nc(N)cc(C(CCNC2CCCCC2)c2cnn(C3CC3)c2)c1N.c1ccccc1. The number of anilines is 3. The van der Waals surface area contributed by atoms with Gasteiger partial charge in [0.1, 0.15) is 5.82 Å². The number of aromatic nitrogens is 3. The maximum Gasteiger partial charge on any atom is 0.165 e. The van der Waals surface area contributed by atoms with Crippen molar-refractivity contribution in [2.75, 3.05) is 23.4 Å². The molecule has 1 aromatic carbocycles. The van der Waals surface area contributed by atoms with Crippen LogP contribution in [0.4, 0.5) is 17.3 Å². The summed E-state index contributed by atoms with van der Waals surface area (Å²) in [5.74, 6) is 6.54. The summed E-state index contributed by atoms with van der Waals surface area (Å²) >= 11 is 0. The Bertz CT molecular complexity index is 982. The predicted octanol–water partition coefficient (Wildman–Crippen LogP) is 4.19.